The van der Waals surface area contributed by atoms with Gasteiger partial charge in [-0.1, -0.05) is 0 Å². The molecule has 0 amide bonds. The van der Waals surface area contributed by atoms with Crippen molar-refractivity contribution < 1.29 is 4.74 Å². The SMILES string of the molecule is CCOC(C)Cn1c(N)nc2cc(Br)cnc21. The molecule has 1 unspecified atom stereocenters. The third-order valence-electron chi connectivity index (χ3n) is 2.47. The lowest BCUT2D eigenvalue weighted by atomic mass is 10.4. The Hall–Kier alpha value is -1.14. The second-order valence-electron chi connectivity index (χ2n) is 3.84. The molecule has 0 bridgehead atoms. The van der Waals surface area contributed by atoms with Crippen molar-refractivity contribution >= 4 is 33.0 Å². The summed E-state index contributed by atoms with van der Waals surface area (Å²) in [4.78, 5) is 8.61. The summed E-state index contributed by atoms with van der Waals surface area (Å²) in [5.74, 6) is 0.470. The summed E-state index contributed by atoms with van der Waals surface area (Å²) in [5.41, 5.74) is 7.47. The molecule has 0 spiro atoms. The largest absolute Gasteiger partial charge is 0.377 e. The summed E-state index contributed by atoms with van der Waals surface area (Å²) < 4.78 is 8.27. The number of halogens is 1. The maximum atomic E-state index is 5.89. The fraction of sp³-hybridized carbons (Fsp3) is 0.455. The van der Waals surface area contributed by atoms with Crippen LogP contribution in [0.5, 0.6) is 0 Å². The first kappa shape index (κ1) is 12.3. The molecule has 5 nitrogen and oxygen atoms in total. The van der Waals surface area contributed by atoms with E-state index in [1.54, 1.807) is 6.20 Å². The molecule has 2 aromatic heterocycles. The van der Waals surface area contributed by atoms with E-state index in [1.165, 1.54) is 0 Å². The summed E-state index contributed by atoms with van der Waals surface area (Å²) in [6, 6.07) is 1.90. The molecule has 17 heavy (non-hydrogen) atoms. The molecule has 2 N–H and O–H groups in total. The van der Waals surface area contributed by atoms with Crippen molar-refractivity contribution in [3.8, 4) is 0 Å². The van der Waals surface area contributed by atoms with Crippen LogP contribution in [0.4, 0.5) is 5.95 Å². The molecule has 0 aromatic carbocycles. The molecule has 2 aromatic rings. The molecule has 2 heterocycles. The van der Waals surface area contributed by atoms with Crippen molar-refractivity contribution in [2.24, 2.45) is 0 Å². The zero-order valence-corrected chi connectivity index (χ0v) is 11.4. The van der Waals surface area contributed by atoms with E-state index in [0.29, 0.717) is 19.1 Å². The molecule has 1 atom stereocenters. The number of nitrogen functional groups attached to an aromatic ring is 1. The lowest BCUT2D eigenvalue weighted by Gasteiger charge is -2.13. The zero-order valence-electron chi connectivity index (χ0n) is 9.85. The van der Waals surface area contributed by atoms with E-state index < -0.39 is 0 Å². The van der Waals surface area contributed by atoms with Gasteiger partial charge in [-0.15, -0.1) is 0 Å². The number of pyridine rings is 1. The van der Waals surface area contributed by atoms with E-state index in [2.05, 4.69) is 25.9 Å². The van der Waals surface area contributed by atoms with Gasteiger partial charge < -0.3 is 10.5 Å². The van der Waals surface area contributed by atoms with Gasteiger partial charge in [0.2, 0.25) is 5.95 Å². The van der Waals surface area contributed by atoms with E-state index in [-0.39, 0.29) is 6.10 Å². The number of ether oxygens (including phenoxy) is 1. The number of hydrogen-bond acceptors (Lipinski definition) is 4. The topological polar surface area (TPSA) is 66.0 Å². The standard InChI is InChI=1S/C11H15BrN4O/c1-3-17-7(2)6-16-10-9(15-11(16)13)4-8(12)5-14-10/h4-5,7H,3,6H2,1-2H3,(H2,13,15). The molecule has 0 aliphatic carbocycles. The van der Waals surface area contributed by atoms with Gasteiger partial charge in [-0.2, -0.15) is 0 Å². The van der Waals surface area contributed by atoms with Crippen LogP contribution < -0.4 is 5.73 Å². The Labute approximate surface area is 108 Å². The molecule has 0 saturated carbocycles. The second-order valence-corrected chi connectivity index (χ2v) is 4.76. The van der Waals surface area contributed by atoms with Gasteiger partial charge in [0.1, 0.15) is 5.52 Å². The lowest BCUT2D eigenvalue weighted by molar-refractivity contribution is 0.0651. The van der Waals surface area contributed by atoms with Crippen LogP contribution in [0.15, 0.2) is 16.7 Å². The number of anilines is 1. The van der Waals surface area contributed by atoms with Crippen molar-refractivity contribution in [1.82, 2.24) is 14.5 Å². The summed E-state index contributed by atoms with van der Waals surface area (Å²) in [6.07, 6.45) is 1.83. The Morgan fingerprint density at radius 3 is 3.06 bits per heavy atom. The number of rotatable bonds is 4. The summed E-state index contributed by atoms with van der Waals surface area (Å²) in [5, 5.41) is 0. The van der Waals surface area contributed by atoms with Crippen molar-refractivity contribution in [3.63, 3.8) is 0 Å². The Morgan fingerprint density at radius 2 is 2.35 bits per heavy atom. The van der Waals surface area contributed by atoms with Crippen LogP contribution in [-0.4, -0.2) is 27.2 Å². The predicted octanol–water partition coefficient (Wildman–Crippen LogP) is 2.20. The van der Waals surface area contributed by atoms with Crippen LogP contribution in [0.2, 0.25) is 0 Å². The molecule has 2 rings (SSSR count). The third-order valence-corrected chi connectivity index (χ3v) is 2.91. The van der Waals surface area contributed by atoms with Crippen molar-refractivity contribution in [2.75, 3.05) is 12.3 Å². The van der Waals surface area contributed by atoms with E-state index in [4.69, 9.17) is 10.5 Å². The number of aromatic nitrogens is 3. The van der Waals surface area contributed by atoms with Gasteiger partial charge in [-0.05, 0) is 35.8 Å². The van der Waals surface area contributed by atoms with Crippen LogP contribution in [0.25, 0.3) is 11.2 Å². The molecular formula is C11H15BrN4O. The fourth-order valence-electron chi connectivity index (χ4n) is 1.78. The molecule has 0 radical (unpaired) electrons. The van der Waals surface area contributed by atoms with Crippen LogP contribution in [0, 0.1) is 0 Å². The molecule has 6 heteroatoms. The van der Waals surface area contributed by atoms with Crippen molar-refractivity contribution in [2.45, 2.75) is 26.5 Å². The highest BCUT2D eigenvalue weighted by atomic mass is 79.9. The number of fused-ring (bicyclic) bond motifs is 1. The van der Waals surface area contributed by atoms with Crippen LogP contribution in [-0.2, 0) is 11.3 Å². The van der Waals surface area contributed by atoms with E-state index >= 15 is 0 Å². The van der Waals surface area contributed by atoms with Crippen LogP contribution >= 0.6 is 15.9 Å². The van der Waals surface area contributed by atoms with Gasteiger partial charge in [-0.25, -0.2) is 9.97 Å². The normalized spacial score (nSPS) is 13.1. The number of nitrogens with two attached hydrogens (primary N) is 1. The highest BCUT2D eigenvalue weighted by Crippen LogP contribution is 2.20. The smallest absolute Gasteiger partial charge is 0.202 e. The molecule has 0 aliphatic rings. The van der Waals surface area contributed by atoms with Crippen molar-refractivity contribution in [3.05, 3.63) is 16.7 Å². The Kier molecular flexibility index (Phi) is 3.63. The number of imidazole rings is 1. The average molecular weight is 299 g/mol. The number of hydrogen-bond donors (Lipinski definition) is 1. The maximum Gasteiger partial charge on any atom is 0.202 e. The minimum atomic E-state index is 0.0881. The first-order chi connectivity index (χ1) is 8.11. The van der Waals surface area contributed by atoms with Crippen molar-refractivity contribution in [1.29, 1.82) is 0 Å². The number of nitrogens with zero attached hydrogens (tertiary/aromatic N) is 3. The Balaban J connectivity index is 2.36. The van der Waals surface area contributed by atoms with Crippen LogP contribution in [0.3, 0.4) is 0 Å². The highest BCUT2D eigenvalue weighted by molar-refractivity contribution is 9.10. The minimum Gasteiger partial charge on any atom is -0.377 e. The third kappa shape index (κ3) is 2.58. The quantitative estimate of drug-likeness (QED) is 0.940. The Morgan fingerprint density at radius 1 is 1.59 bits per heavy atom. The maximum absolute atomic E-state index is 5.89. The first-order valence-corrected chi connectivity index (χ1v) is 6.30. The molecule has 0 fully saturated rings. The van der Waals surface area contributed by atoms with Gasteiger partial charge in [0.25, 0.3) is 0 Å². The minimum absolute atomic E-state index is 0.0881. The van der Waals surface area contributed by atoms with Gasteiger partial charge in [0.05, 0.1) is 12.6 Å². The van der Waals surface area contributed by atoms with E-state index in [9.17, 15) is 0 Å². The first-order valence-electron chi connectivity index (χ1n) is 5.50. The fourth-order valence-corrected chi connectivity index (χ4v) is 2.10. The van der Waals surface area contributed by atoms with Gasteiger partial charge in [-0.3, -0.25) is 4.57 Å². The summed E-state index contributed by atoms with van der Waals surface area (Å²) in [7, 11) is 0. The molecule has 92 valence electrons. The zero-order chi connectivity index (χ0) is 12.4. The highest BCUT2D eigenvalue weighted by Gasteiger charge is 2.12. The molecule has 0 saturated heterocycles. The second kappa shape index (κ2) is 5.01. The molecular weight excluding hydrogens is 284 g/mol. The summed E-state index contributed by atoms with van der Waals surface area (Å²) in [6.45, 7) is 5.33. The average Bonchev–Trinajstić information content (AvgIpc) is 2.55. The Bertz CT molecular complexity index is 525. The van der Waals surface area contributed by atoms with Gasteiger partial charge in [0.15, 0.2) is 5.65 Å². The monoisotopic (exact) mass is 298 g/mol. The van der Waals surface area contributed by atoms with Gasteiger partial charge >= 0.3 is 0 Å². The summed E-state index contributed by atoms with van der Waals surface area (Å²) >= 11 is 3.36. The lowest BCUT2D eigenvalue weighted by Crippen LogP contribution is -2.18. The van der Waals surface area contributed by atoms with E-state index in [1.807, 2.05) is 24.5 Å². The van der Waals surface area contributed by atoms with Crippen LogP contribution in [0.1, 0.15) is 13.8 Å². The predicted molar refractivity (Wildman–Crippen MR) is 70.7 cm³/mol. The van der Waals surface area contributed by atoms with Gasteiger partial charge in [0, 0.05) is 17.3 Å². The van der Waals surface area contributed by atoms with E-state index in [0.717, 1.165) is 15.6 Å². The molecule has 0 aliphatic heterocycles.